The van der Waals surface area contributed by atoms with Crippen molar-refractivity contribution in [3.05, 3.63) is 54.5 Å². The van der Waals surface area contributed by atoms with Gasteiger partial charge in [-0.25, -0.2) is 5.43 Å². The van der Waals surface area contributed by atoms with Crippen molar-refractivity contribution >= 4 is 66.6 Å². The Balaban J connectivity index is 1.85. The molecule has 2 aromatic carbocycles. The number of amides is 1. The van der Waals surface area contributed by atoms with Gasteiger partial charge in [-0.1, -0.05) is 15.9 Å². The SMILES string of the molecule is CCOc1ccc(/C=N/NC(=O)COc2ccc(Br)cc2Br)cc1I. The Morgan fingerprint density at radius 2 is 1.96 bits per heavy atom. The molecule has 2 rings (SSSR count). The maximum Gasteiger partial charge on any atom is 0.277 e. The lowest BCUT2D eigenvalue weighted by molar-refractivity contribution is -0.123. The van der Waals surface area contributed by atoms with Crippen molar-refractivity contribution in [3.8, 4) is 11.5 Å². The molecule has 0 unspecified atom stereocenters. The zero-order valence-electron chi connectivity index (χ0n) is 13.3. The maximum atomic E-state index is 11.8. The average Bonchev–Trinajstić information content (AvgIpc) is 2.56. The van der Waals surface area contributed by atoms with Gasteiger partial charge in [-0.05, 0) is 87.4 Å². The highest BCUT2D eigenvalue weighted by Gasteiger charge is 2.05. The number of benzene rings is 2. The molecule has 1 amide bonds. The first-order valence-electron chi connectivity index (χ1n) is 7.31. The van der Waals surface area contributed by atoms with Gasteiger partial charge in [0.1, 0.15) is 11.5 Å². The molecule has 2 aromatic rings. The molecule has 0 heterocycles. The molecule has 0 atom stereocenters. The molecule has 5 nitrogen and oxygen atoms in total. The van der Waals surface area contributed by atoms with Crippen LogP contribution in [0.3, 0.4) is 0 Å². The van der Waals surface area contributed by atoms with Crippen LogP contribution in [0.4, 0.5) is 0 Å². The molecule has 0 spiro atoms. The molecule has 0 aliphatic rings. The zero-order valence-corrected chi connectivity index (χ0v) is 18.6. The Morgan fingerprint density at radius 3 is 2.64 bits per heavy atom. The van der Waals surface area contributed by atoms with Crippen LogP contribution in [0.1, 0.15) is 12.5 Å². The van der Waals surface area contributed by atoms with Crippen LogP contribution in [0.2, 0.25) is 0 Å². The van der Waals surface area contributed by atoms with Crippen LogP contribution in [0.5, 0.6) is 11.5 Å². The number of hydrazone groups is 1. The second-order valence-electron chi connectivity index (χ2n) is 4.78. The number of ether oxygens (including phenoxy) is 2. The van der Waals surface area contributed by atoms with E-state index in [0.29, 0.717) is 12.4 Å². The number of nitrogens with one attached hydrogen (secondary N) is 1. The van der Waals surface area contributed by atoms with E-state index >= 15 is 0 Å². The van der Waals surface area contributed by atoms with Crippen LogP contribution in [0.15, 0.2) is 50.4 Å². The van der Waals surface area contributed by atoms with Crippen molar-refractivity contribution in [1.29, 1.82) is 0 Å². The van der Waals surface area contributed by atoms with Crippen molar-refractivity contribution in [2.24, 2.45) is 5.10 Å². The summed E-state index contributed by atoms with van der Waals surface area (Å²) in [7, 11) is 0. The van der Waals surface area contributed by atoms with Crippen LogP contribution < -0.4 is 14.9 Å². The summed E-state index contributed by atoms with van der Waals surface area (Å²) in [4.78, 5) is 11.8. The lowest BCUT2D eigenvalue weighted by Crippen LogP contribution is -2.24. The van der Waals surface area contributed by atoms with Crippen LogP contribution in [0.25, 0.3) is 0 Å². The fraction of sp³-hybridized carbons (Fsp3) is 0.176. The summed E-state index contributed by atoms with van der Waals surface area (Å²) in [6.45, 7) is 2.43. The minimum absolute atomic E-state index is 0.127. The van der Waals surface area contributed by atoms with Crippen molar-refractivity contribution in [1.82, 2.24) is 5.43 Å². The van der Waals surface area contributed by atoms with Gasteiger partial charge < -0.3 is 9.47 Å². The van der Waals surface area contributed by atoms with E-state index in [1.165, 1.54) is 0 Å². The highest BCUT2D eigenvalue weighted by atomic mass is 127. The first-order valence-corrected chi connectivity index (χ1v) is 9.98. The molecule has 1 N–H and O–H groups in total. The second kappa shape index (κ2) is 10.1. The lowest BCUT2D eigenvalue weighted by Gasteiger charge is -2.07. The predicted molar refractivity (Wildman–Crippen MR) is 113 cm³/mol. The summed E-state index contributed by atoms with van der Waals surface area (Å²) >= 11 is 8.93. The fourth-order valence-corrected chi connectivity index (χ4v) is 3.67. The van der Waals surface area contributed by atoms with Crippen molar-refractivity contribution in [3.63, 3.8) is 0 Å². The first kappa shape index (κ1) is 20.2. The Kier molecular flexibility index (Phi) is 8.17. The van der Waals surface area contributed by atoms with Gasteiger partial charge in [-0.15, -0.1) is 0 Å². The van der Waals surface area contributed by atoms with Crippen LogP contribution in [0, 0.1) is 3.57 Å². The third kappa shape index (κ3) is 6.59. The molecule has 8 heteroatoms. The summed E-state index contributed by atoms with van der Waals surface area (Å²) in [5.74, 6) is 1.08. The van der Waals surface area contributed by atoms with Gasteiger partial charge in [-0.2, -0.15) is 5.10 Å². The molecule has 0 radical (unpaired) electrons. The lowest BCUT2D eigenvalue weighted by atomic mass is 10.2. The van der Waals surface area contributed by atoms with E-state index in [1.54, 1.807) is 12.3 Å². The minimum atomic E-state index is -0.341. The van der Waals surface area contributed by atoms with E-state index in [4.69, 9.17) is 9.47 Å². The third-order valence-corrected chi connectivity index (χ3v) is 4.87. The molecule has 25 heavy (non-hydrogen) atoms. The van der Waals surface area contributed by atoms with E-state index in [1.807, 2.05) is 37.3 Å². The number of carbonyl (C=O) groups excluding carboxylic acids is 1. The standard InChI is InChI=1S/C17H15Br2IN2O3/c1-2-24-16-5-3-11(7-14(16)20)9-21-22-17(23)10-25-15-6-4-12(18)8-13(15)19/h3-9H,2,10H2,1H3,(H,22,23)/b21-9+. The third-order valence-electron chi connectivity index (χ3n) is 2.91. The summed E-state index contributed by atoms with van der Waals surface area (Å²) in [5, 5.41) is 3.94. The van der Waals surface area contributed by atoms with Gasteiger partial charge in [0.25, 0.3) is 5.91 Å². The second-order valence-corrected chi connectivity index (χ2v) is 7.71. The van der Waals surface area contributed by atoms with E-state index in [0.717, 1.165) is 23.8 Å². The Hall–Kier alpha value is -1.13. The van der Waals surface area contributed by atoms with Gasteiger partial charge in [0.2, 0.25) is 0 Å². The van der Waals surface area contributed by atoms with Crippen molar-refractivity contribution in [2.75, 3.05) is 13.2 Å². The summed E-state index contributed by atoms with van der Waals surface area (Å²) in [5.41, 5.74) is 3.30. The van der Waals surface area contributed by atoms with Gasteiger partial charge >= 0.3 is 0 Å². The Morgan fingerprint density at radius 1 is 1.20 bits per heavy atom. The summed E-state index contributed by atoms with van der Waals surface area (Å²) in [6.07, 6.45) is 1.57. The molecule has 0 bridgehead atoms. The average molecular weight is 582 g/mol. The van der Waals surface area contributed by atoms with Crippen LogP contribution in [-0.2, 0) is 4.79 Å². The number of hydrogen-bond donors (Lipinski definition) is 1. The van der Waals surface area contributed by atoms with E-state index < -0.39 is 0 Å². The summed E-state index contributed by atoms with van der Waals surface area (Å²) < 4.78 is 13.6. The van der Waals surface area contributed by atoms with Gasteiger partial charge in [-0.3, -0.25) is 4.79 Å². The quantitative estimate of drug-likeness (QED) is 0.292. The van der Waals surface area contributed by atoms with E-state index in [2.05, 4.69) is 65.0 Å². The molecule has 0 aliphatic heterocycles. The Labute approximate surface area is 176 Å². The van der Waals surface area contributed by atoms with Gasteiger partial charge in [0.05, 0.1) is 20.9 Å². The topological polar surface area (TPSA) is 59.9 Å². The maximum absolute atomic E-state index is 11.8. The minimum Gasteiger partial charge on any atom is -0.493 e. The molecule has 0 saturated heterocycles. The highest BCUT2D eigenvalue weighted by molar-refractivity contribution is 14.1. The molecular weight excluding hydrogens is 567 g/mol. The first-order chi connectivity index (χ1) is 12.0. The van der Waals surface area contributed by atoms with Gasteiger partial charge in [0.15, 0.2) is 6.61 Å². The van der Waals surface area contributed by atoms with Crippen molar-refractivity contribution in [2.45, 2.75) is 6.92 Å². The van der Waals surface area contributed by atoms with E-state index in [9.17, 15) is 4.79 Å². The summed E-state index contributed by atoms with van der Waals surface area (Å²) in [6, 6.07) is 11.1. The number of carbonyl (C=O) groups is 1. The predicted octanol–water partition coefficient (Wildman–Crippen LogP) is 4.74. The van der Waals surface area contributed by atoms with Crippen molar-refractivity contribution < 1.29 is 14.3 Å². The molecule has 132 valence electrons. The monoisotopic (exact) mass is 580 g/mol. The smallest absolute Gasteiger partial charge is 0.277 e. The number of halogens is 3. The normalized spacial score (nSPS) is 10.7. The molecule has 0 aliphatic carbocycles. The zero-order chi connectivity index (χ0) is 18.2. The number of rotatable bonds is 7. The molecular formula is C17H15Br2IN2O3. The molecule has 0 saturated carbocycles. The fourth-order valence-electron chi connectivity index (χ4n) is 1.82. The largest absolute Gasteiger partial charge is 0.493 e. The molecule has 0 aromatic heterocycles. The van der Waals surface area contributed by atoms with E-state index in [-0.39, 0.29) is 12.5 Å². The Bertz CT molecular complexity index is 784. The molecule has 0 fully saturated rings. The van der Waals surface area contributed by atoms with Crippen LogP contribution in [-0.4, -0.2) is 25.3 Å². The van der Waals surface area contributed by atoms with Gasteiger partial charge in [0, 0.05) is 4.47 Å². The number of hydrogen-bond acceptors (Lipinski definition) is 4. The van der Waals surface area contributed by atoms with Crippen LogP contribution >= 0.6 is 54.5 Å². The number of nitrogens with zero attached hydrogens (tertiary/aromatic N) is 1. The highest BCUT2D eigenvalue weighted by Crippen LogP contribution is 2.28.